The molecule has 8 heteroatoms. The third-order valence-electron chi connectivity index (χ3n) is 5.17. The minimum atomic E-state index is -4.17. The Morgan fingerprint density at radius 1 is 1.21 bits per heavy atom. The van der Waals surface area contributed by atoms with Crippen LogP contribution < -0.4 is 0 Å². The number of nitrogens with zero attached hydrogens (tertiary/aromatic N) is 1. The number of aliphatic hydroxyl groups excluding tert-OH is 1. The summed E-state index contributed by atoms with van der Waals surface area (Å²) in [6.07, 6.45) is -2.80. The molecule has 0 fully saturated rings. The highest BCUT2D eigenvalue weighted by atomic mass is 31.2. The molecule has 172 valence electrons. The lowest BCUT2D eigenvalue weighted by molar-refractivity contribution is -0.138. The molecule has 3 rings (SSSR count). The van der Waals surface area contributed by atoms with E-state index in [1.807, 2.05) is 38.1 Å². The van der Waals surface area contributed by atoms with Crippen molar-refractivity contribution in [2.24, 2.45) is 0 Å². The third-order valence-corrected chi connectivity index (χ3v) is 6.54. The maximum atomic E-state index is 13.9. The van der Waals surface area contributed by atoms with Gasteiger partial charge in [-0.05, 0) is 53.9 Å². The highest BCUT2D eigenvalue weighted by Gasteiger charge is 2.24. The number of para-hydroxylation sites is 1. The molecule has 0 bridgehead atoms. The van der Waals surface area contributed by atoms with Crippen molar-refractivity contribution in [3.8, 4) is 22.8 Å². The zero-order valence-corrected chi connectivity index (χ0v) is 19.4. The van der Waals surface area contributed by atoms with E-state index >= 15 is 0 Å². The minimum Gasteiger partial charge on any atom is -0.481 e. The molecule has 33 heavy (non-hydrogen) atoms. The molecule has 3 N–H and O–H groups in total. The van der Waals surface area contributed by atoms with Gasteiger partial charge >= 0.3 is 5.97 Å². The number of carboxylic acids is 1. The Bertz CT molecular complexity index is 1330. The molecule has 0 radical (unpaired) electrons. The average molecular weight is 469 g/mol. The molecule has 3 aromatic rings. The monoisotopic (exact) mass is 469 g/mol. The molecular formula is C25H25FNO5P. The number of aliphatic carboxylic acids is 1. The third kappa shape index (κ3) is 5.85. The van der Waals surface area contributed by atoms with E-state index in [1.54, 1.807) is 19.1 Å². The number of carboxylic acid groups (broad SMARTS) is 1. The lowest BCUT2D eigenvalue weighted by atomic mass is 9.90. The average Bonchev–Trinajstić information content (AvgIpc) is 2.72. The number of aliphatic hydroxyl groups is 1. The molecule has 0 saturated heterocycles. The van der Waals surface area contributed by atoms with Crippen LogP contribution in [0.1, 0.15) is 42.9 Å². The van der Waals surface area contributed by atoms with Gasteiger partial charge in [0.1, 0.15) is 5.82 Å². The van der Waals surface area contributed by atoms with Gasteiger partial charge in [0.15, 0.2) is 0 Å². The number of halogens is 1. The summed E-state index contributed by atoms with van der Waals surface area (Å²) in [5, 5.41) is 19.4. The Morgan fingerprint density at radius 3 is 2.55 bits per heavy atom. The van der Waals surface area contributed by atoms with Crippen molar-refractivity contribution in [2.45, 2.75) is 39.2 Å². The molecule has 0 spiro atoms. The molecule has 1 heterocycles. The Balaban J connectivity index is 2.24. The second kappa shape index (κ2) is 9.84. The summed E-state index contributed by atoms with van der Waals surface area (Å²) in [6, 6.07) is 12.1. The SMILES string of the molecule is Cc1cc(-c2nc3ccccc3c(C(C)C)c2C#CP(=O)(O)C[C@@H](O)CC(=O)O)ccc1F. The van der Waals surface area contributed by atoms with E-state index in [0.717, 1.165) is 10.9 Å². The van der Waals surface area contributed by atoms with Crippen LogP contribution in [0.3, 0.4) is 0 Å². The van der Waals surface area contributed by atoms with Gasteiger partial charge in [-0.1, -0.05) is 38.0 Å². The fourth-order valence-electron chi connectivity index (χ4n) is 3.71. The van der Waals surface area contributed by atoms with Gasteiger partial charge in [0.05, 0.1) is 35.5 Å². The second-order valence-electron chi connectivity index (χ2n) is 8.26. The predicted octanol–water partition coefficient (Wildman–Crippen LogP) is 4.89. The maximum absolute atomic E-state index is 13.9. The largest absolute Gasteiger partial charge is 0.481 e. The van der Waals surface area contributed by atoms with Crippen LogP contribution in [0.4, 0.5) is 4.39 Å². The number of aromatic nitrogens is 1. The quantitative estimate of drug-likeness (QED) is 0.351. The van der Waals surface area contributed by atoms with Crippen LogP contribution in [0.15, 0.2) is 42.5 Å². The summed E-state index contributed by atoms with van der Waals surface area (Å²) < 4.78 is 26.5. The highest BCUT2D eigenvalue weighted by Crippen LogP contribution is 2.41. The van der Waals surface area contributed by atoms with Crippen LogP contribution in [0.5, 0.6) is 0 Å². The van der Waals surface area contributed by atoms with Crippen LogP contribution >= 0.6 is 7.37 Å². The van der Waals surface area contributed by atoms with Gasteiger partial charge in [-0.3, -0.25) is 9.36 Å². The molecule has 0 aliphatic carbocycles. The maximum Gasteiger partial charge on any atom is 0.305 e. The van der Waals surface area contributed by atoms with Crippen molar-refractivity contribution in [1.82, 2.24) is 4.98 Å². The summed E-state index contributed by atoms with van der Waals surface area (Å²) in [7, 11) is -4.17. The highest BCUT2D eigenvalue weighted by molar-refractivity contribution is 7.63. The number of aryl methyl sites for hydroxylation is 1. The first-order valence-electron chi connectivity index (χ1n) is 10.4. The van der Waals surface area contributed by atoms with Crippen LogP contribution in [0, 0.1) is 24.3 Å². The molecule has 0 aliphatic rings. The first-order valence-corrected chi connectivity index (χ1v) is 12.3. The molecule has 2 aromatic carbocycles. The van der Waals surface area contributed by atoms with E-state index < -0.39 is 32.0 Å². The fourth-order valence-corrected chi connectivity index (χ4v) is 4.78. The molecule has 1 aromatic heterocycles. The molecular weight excluding hydrogens is 444 g/mol. The van der Waals surface area contributed by atoms with Gasteiger partial charge in [-0.2, -0.15) is 0 Å². The zero-order valence-electron chi connectivity index (χ0n) is 18.5. The number of fused-ring (bicyclic) bond motifs is 1. The topological polar surface area (TPSA) is 108 Å². The molecule has 0 aliphatic heterocycles. The van der Waals surface area contributed by atoms with Gasteiger partial charge in [-0.15, -0.1) is 0 Å². The lowest BCUT2D eigenvalue weighted by Gasteiger charge is -2.17. The van der Waals surface area contributed by atoms with E-state index in [-0.39, 0.29) is 11.7 Å². The fraction of sp³-hybridized carbons (Fsp3) is 0.280. The first kappa shape index (κ1) is 24.6. The summed E-state index contributed by atoms with van der Waals surface area (Å²) in [5.41, 5.74) is 5.86. The Hall–Kier alpha value is -3.04. The number of benzene rings is 2. The summed E-state index contributed by atoms with van der Waals surface area (Å²) >= 11 is 0. The van der Waals surface area contributed by atoms with Gasteiger partial charge in [0, 0.05) is 10.9 Å². The van der Waals surface area contributed by atoms with E-state index in [2.05, 4.69) is 11.6 Å². The van der Waals surface area contributed by atoms with Crippen molar-refractivity contribution in [1.29, 1.82) is 0 Å². The van der Waals surface area contributed by atoms with Gasteiger partial charge in [0.2, 0.25) is 0 Å². The summed E-state index contributed by atoms with van der Waals surface area (Å²) in [4.78, 5) is 25.8. The van der Waals surface area contributed by atoms with E-state index in [9.17, 15) is 23.7 Å². The smallest absolute Gasteiger partial charge is 0.305 e. The number of hydrogen-bond acceptors (Lipinski definition) is 4. The van der Waals surface area contributed by atoms with Crippen molar-refractivity contribution in [3.05, 3.63) is 65.0 Å². The molecule has 0 amide bonds. The summed E-state index contributed by atoms with van der Waals surface area (Å²) in [6.45, 7) is 5.59. The number of hydrogen-bond donors (Lipinski definition) is 3. The molecule has 1 unspecified atom stereocenters. The Labute approximate surface area is 191 Å². The predicted molar refractivity (Wildman–Crippen MR) is 126 cm³/mol. The van der Waals surface area contributed by atoms with E-state index in [0.29, 0.717) is 27.9 Å². The van der Waals surface area contributed by atoms with Crippen molar-refractivity contribution in [2.75, 3.05) is 6.16 Å². The van der Waals surface area contributed by atoms with Gasteiger partial charge in [0.25, 0.3) is 7.37 Å². The van der Waals surface area contributed by atoms with Crippen LogP contribution in [-0.2, 0) is 9.36 Å². The molecule has 2 atom stereocenters. The van der Waals surface area contributed by atoms with Crippen LogP contribution in [0.2, 0.25) is 0 Å². The van der Waals surface area contributed by atoms with Crippen LogP contribution in [-0.4, -0.2) is 38.3 Å². The van der Waals surface area contributed by atoms with Crippen molar-refractivity contribution >= 4 is 24.2 Å². The van der Waals surface area contributed by atoms with Crippen LogP contribution in [0.25, 0.3) is 22.2 Å². The Kier molecular flexibility index (Phi) is 7.34. The zero-order chi connectivity index (χ0) is 24.3. The molecule has 6 nitrogen and oxygen atoms in total. The summed E-state index contributed by atoms with van der Waals surface area (Å²) in [5.74, 6) is 1.16. The van der Waals surface area contributed by atoms with E-state index in [1.165, 1.54) is 6.07 Å². The first-order chi connectivity index (χ1) is 15.5. The standard InChI is InChI=1S/C25H25FNO5P/c1-15(2)24-19-6-4-5-7-22(19)27-25(17-8-9-21(26)16(3)12-17)20(24)10-11-33(31,32)14-18(28)13-23(29)30/h4-9,12,15,18,28H,13-14H2,1-3H3,(H,29,30)(H,31,32)/t18-/m0/s1. The number of carbonyl (C=O) groups is 1. The van der Waals surface area contributed by atoms with Crippen molar-refractivity contribution in [3.63, 3.8) is 0 Å². The second-order valence-corrected chi connectivity index (χ2v) is 10.2. The van der Waals surface area contributed by atoms with Gasteiger partial charge in [-0.25, -0.2) is 9.37 Å². The number of pyridine rings is 1. The molecule has 0 saturated carbocycles. The van der Waals surface area contributed by atoms with Crippen molar-refractivity contribution < 1.29 is 28.9 Å². The van der Waals surface area contributed by atoms with E-state index in [4.69, 9.17) is 10.1 Å². The minimum absolute atomic E-state index is 0.0156. The van der Waals surface area contributed by atoms with Gasteiger partial charge < -0.3 is 15.1 Å². The normalized spacial score (nSPS) is 13.9. The number of rotatable bonds is 6. The Morgan fingerprint density at radius 2 is 1.91 bits per heavy atom. The lowest BCUT2D eigenvalue weighted by Crippen LogP contribution is -2.17.